The summed E-state index contributed by atoms with van der Waals surface area (Å²) in [7, 11) is 0. The van der Waals surface area contributed by atoms with Crippen LogP contribution in [-0.4, -0.2) is 11.9 Å². The van der Waals surface area contributed by atoms with Crippen molar-refractivity contribution in [3.8, 4) is 0 Å². The molecule has 0 saturated heterocycles. The summed E-state index contributed by atoms with van der Waals surface area (Å²) in [5, 5.41) is 0. The SMILES string of the molecule is O=C1[13CH]=[13CH]C(=O)O1. The van der Waals surface area contributed by atoms with E-state index in [0.29, 0.717) is 0 Å². The smallest absolute Gasteiger partial charge is 0.338 e. The molecule has 1 aliphatic rings. The Hall–Kier alpha value is -1.12. The van der Waals surface area contributed by atoms with E-state index in [9.17, 15) is 9.59 Å². The molecule has 0 fully saturated rings. The Morgan fingerprint density at radius 2 is 1.57 bits per heavy atom. The Kier molecular flexibility index (Phi) is 0.685. The van der Waals surface area contributed by atoms with Crippen LogP contribution in [0.4, 0.5) is 0 Å². The first-order valence-electron chi connectivity index (χ1n) is 1.73. The van der Waals surface area contributed by atoms with Crippen LogP contribution in [0.15, 0.2) is 12.2 Å². The van der Waals surface area contributed by atoms with Crippen molar-refractivity contribution in [3.05, 3.63) is 12.2 Å². The van der Waals surface area contributed by atoms with Gasteiger partial charge in [-0.1, -0.05) is 0 Å². The molecular formula is C4H2O3. The molecule has 0 aromatic carbocycles. The fraction of sp³-hybridized carbons (Fsp3) is 0. The van der Waals surface area contributed by atoms with E-state index in [-0.39, 0.29) is 0 Å². The summed E-state index contributed by atoms with van der Waals surface area (Å²) in [6.45, 7) is 0. The zero-order valence-electron chi connectivity index (χ0n) is 3.38. The second kappa shape index (κ2) is 1.18. The zero-order valence-corrected chi connectivity index (χ0v) is 3.38. The Balaban J connectivity index is 2.76. The van der Waals surface area contributed by atoms with E-state index in [4.69, 9.17) is 0 Å². The van der Waals surface area contributed by atoms with E-state index in [1.165, 1.54) is 0 Å². The van der Waals surface area contributed by atoms with Gasteiger partial charge >= 0.3 is 11.9 Å². The number of carbonyl (C=O) groups is 2. The highest BCUT2D eigenvalue weighted by Gasteiger charge is 2.10. The maximum absolute atomic E-state index is 9.92. The average Bonchev–Trinajstić information content (AvgIpc) is 1.87. The second-order valence-corrected chi connectivity index (χ2v) is 1.07. The lowest BCUT2D eigenvalue weighted by Gasteiger charge is -1.80. The third-order valence-electron chi connectivity index (χ3n) is 0.557. The molecule has 36 valence electrons. The molecule has 0 unspecified atom stereocenters. The number of ether oxygens (including phenoxy) is 1. The van der Waals surface area contributed by atoms with Gasteiger partial charge in [0.2, 0.25) is 0 Å². The van der Waals surface area contributed by atoms with Gasteiger partial charge in [0.1, 0.15) is 0 Å². The van der Waals surface area contributed by atoms with Crippen molar-refractivity contribution in [3.63, 3.8) is 0 Å². The highest BCUT2D eigenvalue weighted by Crippen LogP contribution is 1.92. The van der Waals surface area contributed by atoms with E-state index in [0.717, 1.165) is 12.2 Å². The lowest BCUT2D eigenvalue weighted by Crippen LogP contribution is -1.96. The van der Waals surface area contributed by atoms with Gasteiger partial charge in [-0.15, -0.1) is 0 Å². The van der Waals surface area contributed by atoms with Crippen LogP contribution < -0.4 is 0 Å². The molecular weight excluding hydrogens is 98.0 g/mol. The van der Waals surface area contributed by atoms with Gasteiger partial charge < -0.3 is 4.74 Å². The molecule has 1 rings (SSSR count). The molecule has 0 aromatic rings. The van der Waals surface area contributed by atoms with Gasteiger partial charge in [0, 0.05) is 12.2 Å². The minimum absolute atomic E-state index is 0.579. The third-order valence-corrected chi connectivity index (χ3v) is 0.557. The Morgan fingerprint density at radius 1 is 1.14 bits per heavy atom. The van der Waals surface area contributed by atoms with Gasteiger partial charge in [-0.05, 0) is 0 Å². The molecule has 0 spiro atoms. The molecule has 0 N–H and O–H groups in total. The van der Waals surface area contributed by atoms with Crippen LogP contribution in [-0.2, 0) is 14.3 Å². The summed E-state index contributed by atoms with van der Waals surface area (Å²) in [5.74, 6) is -1.16. The fourth-order valence-corrected chi connectivity index (χ4v) is 0.303. The molecule has 1 heterocycles. The molecule has 0 amide bonds. The third kappa shape index (κ3) is 0.652. The lowest BCUT2D eigenvalue weighted by molar-refractivity contribution is -0.150. The quantitative estimate of drug-likeness (QED) is 0.237. The predicted octanol–water partition coefficient (Wildman–Crippen LogP) is -0.374. The molecule has 0 aliphatic carbocycles. The van der Waals surface area contributed by atoms with Gasteiger partial charge in [-0.3, -0.25) is 0 Å². The van der Waals surface area contributed by atoms with Crippen molar-refractivity contribution in [2.24, 2.45) is 0 Å². The topological polar surface area (TPSA) is 43.4 Å². The van der Waals surface area contributed by atoms with Crippen molar-refractivity contribution in [2.75, 3.05) is 0 Å². The van der Waals surface area contributed by atoms with Crippen LogP contribution in [0, 0.1) is 0 Å². The van der Waals surface area contributed by atoms with E-state index >= 15 is 0 Å². The maximum atomic E-state index is 9.92. The number of cyclic esters (lactones) is 2. The summed E-state index contributed by atoms with van der Waals surface area (Å²) >= 11 is 0. The minimum atomic E-state index is -0.579. The van der Waals surface area contributed by atoms with Crippen molar-refractivity contribution < 1.29 is 14.3 Å². The predicted molar refractivity (Wildman–Crippen MR) is 20.2 cm³/mol. The molecule has 0 atom stereocenters. The fourth-order valence-electron chi connectivity index (χ4n) is 0.303. The van der Waals surface area contributed by atoms with Crippen LogP contribution >= 0.6 is 0 Å². The Morgan fingerprint density at radius 3 is 1.71 bits per heavy atom. The highest BCUT2D eigenvalue weighted by molar-refractivity contribution is 6.04. The van der Waals surface area contributed by atoms with Crippen LogP contribution in [0.25, 0.3) is 0 Å². The van der Waals surface area contributed by atoms with Crippen molar-refractivity contribution in [1.29, 1.82) is 0 Å². The Bertz CT molecular complexity index is 129. The number of carbonyl (C=O) groups excluding carboxylic acids is 2. The first-order chi connectivity index (χ1) is 3.29. The minimum Gasteiger partial charge on any atom is -0.387 e. The second-order valence-electron chi connectivity index (χ2n) is 1.07. The molecule has 0 bridgehead atoms. The average molecular weight is 100 g/mol. The molecule has 0 aromatic heterocycles. The molecule has 1 aliphatic heterocycles. The zero-order chi connectivity index (χ0) is 5.28. The first kappa shape index (κ1) is 4.05. The van der Waals surface area contributed by atoms with Crippen LogP contribution in [0.2, 0.25) is 0 Å². The van der Waals surface area contributed by atoms with Crippen molar-refractivity contribution in [1.82, 2.24) is 0 Å². The van der Waals surface area contributed by atoms with E-state index < -0.39 is 11.9 Å². The standard InChI is InChI=1S/C4H2O3/c5-3-1-2-4(6)7-3/h1-2H/i1+1,2+1. The van der Waals surface area contributed by atoms with Gasteiger partial charge in [0.05, 0.1) is 0 Å². The van der Waals surface area contributed by atoms with E-state index in [1.807, 2.05) is 0 Å². The largest absolute Gasteiger partial charge is 0.387 e. The van der Waals surface area contributed by atoms with E-state index in [1.54, 1.807) is 0 Å². The first-order valence-corrected chi connectivity index (χ1v) is 1.73. The van der Waals surface area contributed by atoms with Gasteiger partial charge in [-0.2, -0.15) is 0 Å². The summed E-state index contributed by atoms with van der Waals surface area (Å²) in [6.07, 6.45) is 2.17. The molecule has 3 nitrogen and oxygen atoms in total. The molecule has 0 radical (unpaired) electrons. The number of esters is 2. The van der Waals surface area contributed by atoms with Crippen LogP contribution in [0.5, 0.6) is 0 Å². The summed E-state index contributed by atoms with van der Waals surface area (Å²) in [6, 6.07) is 0. The summed E-state index contributed by atoms with van der Waals surface area (Å²) in [4.78, 5) is 19.8. The Labute approximate surface area is 39.6 Å². The number of hydrogen-bond acceptors (Lipinski definition) is 3. The summed E-state index contributed by atoms with van der Waals surface area (Å²) in [5.41, 5.74) is 0. The molecule has 3 heteroatoms. The van der Waals surface area contributed by atoms with Crippen molar-refractivity contribution >= 4 is 11.9 Å². The van der Waals surface area contributed by atoms with Crippen LogP contribution in [0.3, 0.4) is 0 Å². The van der Waals surface area contributed by atoms with Gasteiger partial charge in [0.25, 0.3) is 0 Å². The van der Waals surface area contributed by atoms with Crippen molar-refractivity contribution in [2.45, 2.75) is 0 Å². The number of rotatable bonds is 0. The monoisotopic (exact) mass is 100 g/mol. The number of hydrogen-bond donors (Lipinski definition) is 0. The van der Waals surface area contributed by atoms with Gasteiger partial charge in [0.15, 0.2) is 0 Å². The lowest BCUT2D eigenvalue weighted by atomic mass is 11.1. The maximum Gasteiger partial charge on any atom is 0.338 e. The van der Waals surface area contributed by atoms with Gasteiger partial charge in [-0.25, -0.2) is 9.59 Å². The van der Waals surface area contributed by atoms with Crippen LogP contribution in [0.1, 0.15) is 0 Å². The normalized spacial score (nSPS) is 17.7. The molecule has 7 heavy (non-hydrogen) atoms. The summed E-state index contributed by atoms with van der Waals surface area (Å²) < 4.78 is 3.97. The highest BCUT2D eigenvalue weighted by atomic mass is 16.6. The van der Waals surface area contributed by atoms with E-state index in [2.05, 4.69) is 4.74 Å². The molecule has 0 saturated carbocycles.